The summed E-state index contributed by atoms with van der Waals surface area (Å²) in [6.07, 6.45) is 3.69. The third kappa shape index (κ3) is 5.11. The normalized spacial score (nSPS) is 12.6. The van der Waals surface area contributed by atoms with Crippen LogP contribution in [0, 0.1) is 11.3 Å². The highest BCUT2D eigenvalue weighted by molar-refractivity contribution is 5.87. The molecular formula is C44H31N3. The zero-order valence-corrected chi connectivity index (χ0v) is 26.3. The maximum Gasteiger partial charge on any atom is 0.0991 e. The van der Waals surface area contributed by atoms with Gasteiger partial charge < -0.3 is 0 Å². The predicted molar refractivity (Wildman–Crippen MR) is 191 cm³/mol. The molecule has 1 aliphatic carbocycles. The van der Waals surface area contributed by atoms with E-state index < -0.39 is 0 Å². The minimum absolute atomic E-state index is 0.223. The van der Waals surface area contributed by atoms with E-state index in [4.69, 9.17) is 4.98 Å². The quantitative estimate of drug-likeness (QED) is 0.197. The Balaban J connectivity index is 1.32. The van der Waals surface area contributed by atoms with Gasteiger partial charge in [0.1, 0.15) is 0 Å². The predicted octanol–water partition coefficient (Wildman–Crippen LogP) is 11.0. The molecule has 0 unspecified atom stereocenters. The fourth-order valence-corrected chi connectivity index (χ4v) is 6.87. The molecule has 0 N–H and O–H groups in total. The molecular weight excluding hydrogens is 571 g/mol. The summed E-state index contributed by atoms with van der Waals surface area (Å²) in [6.45, 7) is 4.52. The van der Waals surface area contributed by atoms with Crippen molar-refractivity contribution in [2.24, 2.45) is 0 Å². The molecule has 1 aliphatic rings. The van der Waals surface area contributed by atoms with Crippen molar-refractivity contribution in [3.63, 3.8) is 0 Å². The highest BCUT2D eigenvalue weighted by Crippen LogP contribution is 2.50. The van der Waals surface area contributed by atoms with Gasteiger partial charge in [-0.2, -0.15) is 5.26 Å². The molecule has 5 aromatic carbocycles. The van der Waals surface area contributed by atoms with Crippen molar-refractivity contribution >= 4 is 0 Å². The molecule has 2 aromatic heterocycles. The Labute approximate surface area is 275 Å². The van der Waals surface area contributed by atoms with Gasteiger partial charge in [0.15, 0.2) is 0 Å². The van der Waals surface area contributed by atoms with Crippen molar-refractivity contribution in [2.45, 2.75) is 19.3 Å². The Hall–Kier alpha value is -6.11. The van der Waals surface area contributed by atoms with Gasteiger partial charge in [-0.1, -0.05) is 92.7 Å². The molecule has 0 radical (unpaired) electrons. The number of fused-ring (bicyclic) bond motifs is 3. The second-order valence-corrected chi connectivity index (χ2v) is 12.7. The fourth-order valence-electron chi connectivity index (χ4n) is 6.87. The minimum atomic E-state index is -0.223. The number of pyridine rings is 2. The van der Waals surface area contributed by atoms with Crippen LogP contribution in [0.4, 0.5) is 0 Å². The first-order chi connectivity index (χ1) is 23.0. The molecule has 0 aliphatic heterocycles. The monoisotopic (exact) mass is 601 g/mol. The average molecular weight is 602 g/mol. The Morgan fingerprint density at radius 3 is 1.57 bits per heavy atom. The van der Waals surface area contributed by atoms with E-state index in [9.17, 15) is 5.26 Å². The van der Waals surface area contributed by atoms with Crippen molar-refractivity contribution in [2.75, 3.05) is 0 Å². The zero-order chi connectivity index (χ0) is 32.0. The van der Waals surface area contributed by atoms with Gasteiger partial charge in [0.25, 0.3) is 0 Å². The second-order valence-electron chi connectivity index (χ2n) is 12.7. The molecule has 8 rings (SSSR count). The smallest absolute Gasteiger partial charge is 0.0991 e. The van der Waals surface area contributed by atoms with Crippen LogP contribution in [-0.4, -0.2) is 9.97 Å². The van der Waals surface area contributed by atoms with E-state index in [2.05, 4.69) is 146 Å². The van der Waals surface area contributed by atoms with E-state index in [0.717, 1.165) is 55.9 Å². The van der Waals surface area contributed by atoms with Crippen LogP contribution >= 0.6 is 0 Å². The first-order valence-corrected chi connectivity index (χ1v) is 15.9. The first kappa shape index (κ1) is 28.4. The summed E-state index contributed by atoms with van der Waals surface area (Å²) < 4.78 is 0. The summed E-state index contributed by atoms with van der Waals surface area (Å²) in [5.74, 6) is 0. The van der Waals surface area contributed by atoms with Crippen LogP contribution in [0.25, 0.3) is 67.0 Å². The molecule has 0 fully saturated rings. The van der Waals surface area contributed by atoms with Crippen LogP contribution in [0.3, 0.4) is 0 Å². The molecule has 7 aromatic rings. The van der Waals surface area contributed by atoms with Gasteiger partial charge in [0.2, 0.25) is 0 Å². The summed E-state index contributed by atoms with van der Waals surface area (Å²) >= 11 is 0. The van der Waals surface area contributed by atoms with Gasteiger partial charge in [-0.3, -0.25) is 4.98 Å². The molecule has 0 saturated carbocycles. The van der Waals surface area contributed by atoms with E-state index in [0.29, 0.717) is 5.56 Å². The molecule has 0 bridgehead atoms. The van der Waals surface area contributed by atoms with Crippen molar-refractivity contribution in [1.29, 1.82) is 5.26 Å². The van der Waals surface area contributed by atoms with Crippen LogP contribution < -0.4 is 0 Å². The van der Waals surface area contributed by atoms with Crippen LogP contribution in [0.2, 0.25) is 0 Å². The largest absolute Gasteiger partial charge is 0.265 e. The molecule has 0 saturated heterocycles. The van der Waals surface area contributed by atoms with Crippen molar-refractivity contribution in [3.8, 4) is 73.1 Å². The average Bonchev–Trinajstić information content (AvgIpc) is 3.37. The topological polar surface area (TPSA) is 49.6 Å². The van der Waals surface area contributed by atoms with Crippen LogP contribution in [0.1, 0.15) is 30.5 Å². The Morgan fingerprint density at radius 1 is 0.468 bits per heavy atom. The number of nitrogens with zero attached hydrogens (tertiary/aromatic N) is 3. The summed E-state index contributed by atoms with van der Waals surface area (Å²) in [5, 5.41) is 9.59. The molecule has 0 atom stereocenters. The minimum Gasteiger partial charge on any atom is -0.265 e. The molecule has 3 heteroatoms. The third-order valence-electron chi connectivity index (χ3n) is 9.38. The standard InChI is InChI=1S/C44H31N3/c1-44(2)40-21-29(28-45)13-15-38(40)39-16-14-33(25-41(39)44)35-22-34(30-17-19-46-20-18-30)23-36(24-35)37-26-42(31-9-5-3-6-10-31)47-43(27-37)32-11-7-4-8-12-32/h3-27H,1-2H3. The first-order valence-electron chi connectivity index (χ1n) is 15.9. The molecule has 3 nitrogen and oxygen atoms in total. The van der Waals surface area contributed by atoms with Gasteiger partial charge in [0.05, 0.1) is 23.0 Å². The van der Waals surface area contributed by atoms with E-state index >= 15 is 0 Å². The van der Waals surface area contributed by atoms with Crippen LogP contribution in [0.15, 0.2) is 152 Å². The molecule has 222 valence electrons. The number of aromatic nitrogens is 2. The summed E-state index contributed by atoms with van der Waals surface area (Å²) in [7, 11) is 0. The van der Waals surface area contributed by atoms with E-state index in [1.165, 1.54) is 22.3 Å². The maximum absolute atomic E-state index is 9.59. The van der Waals surface area contributed by atoms with Gasteiger partial charge in [-0.15, -0.1) is 0 Å². The Morgan fingerprint density at radius 2 is 0.979 bits per heavy atom. The van der Waals surface area contributed by atoms with Crippen LogP contribution in [-0.2, 0) is 5.41 Å². The van der Waals surface area contributed by atoms with Gasteiger partial charge in [-0.25, -0.2) is 4.98 Å². The van der Waals surface area contributed by atoms with Crippen molar-refractivity contribution in [3.05, 3.63) is 169 Å². The number of hydrogen-bond donors (Lipinski definition) is 0. The lowest BCUT2D eigenvalue weighted by Crippen LogP contribution is -2.15. The highest BCUT2D eigenvalue weighted by atomic mass is 14.7. The lowest BCUT2D eigenvalue weighted by molar-refractivity contribution is 0.660. The van der Waals surface area contributed by atoms with Gasteiger partial charge in [-0.05, 0) is 116 Å². The number of rotatable bonds is 5. The number of nitriles is 1. The second kappa shape index (κ2) is 11.4. The number of benzene rings is 5. The Kier molecular flexibility index (Phi) is 6.85. The Bertz CT molecular complexity index is 2260. The lowest BCUT2D eigenvalue weighted by atomic mass is 9.81. The highest BCUT2D eigenvalue weighted by Gasteiger charge is 2.35. The summed E-state index contributed by atoms with van der Waals surface area (Å²) in [6, 6.07) is 51.4. The fraction of sp³-hybridized carbons (Fsp3) is 0.0682. The summed E-state index contributed by atoms with van der Waals surface area (Å²) in [4.78, 5) is 9.40. The molecule has 0 spiro atoms. The summed E-state index contributed by atoms with van der Waals surface area (Å²) in [5.41, 5.74) is 16.2. The molecule has 47 heavy (non-hydrogen) atoms. The lowest BCUT2D eigenvalue weighted by Gasteiger charge is -2.22. The zero-order valence-electron chi connectivity index (χ0n) is 26.3. The maximum atomic E-state index is 9.59. The van der Waals surface area contributed by atoms with Gasteiger partial charge in [0, 0.05) is 28.9 Å². The van der Waals surface area contributed by atoms with Gasteiger partial charge >= 0.3 is 0 Å². The SMILES string of the molecule is CC1(C)c2cc(C#N)ccc2-c2ccc(-c3cc(-c4ccncc4)cc(-c4cc(-c5ccccc5)nc(-c5ccccc5)c4)c3)cc21. The van der Waals surface area contributed by atoms with Crippen molar-refractivity contribution < 1.29 is 0 Å². The van der Waals surface area contributed by atoms with Crippen LogP contribution in [0.5, 0.6) is 0 Å². The molecule has 2 heterocycles. The third-order valence-corrected chi connectivity index (χ3v) is 9.38. The molecule has 0 amide bonds. The van der Waals surface area contributed by atoms with E-state index in [1.807, 2.05) is 30.6 Å². The van der Waals surface area contributed by atoms with E-state index in [-0.39, 0.29) is 5.41 Å². The number of hydrogen-bond acceptors (Lipinski definition) is 3. The van der Waals surface area contributed by atoms with E-state index in [1.54, 1.807) is 0 Å². The van der Waals surface area contributed by atoms with Crippen molar-refractivity contribution in [1.82, 2.24) is 9.97 Å².